The SMILES string of the molecule is CC1(C)[C@H]2Cc3c(O)cccc3[C@]1(C)CCN2C(=O)[C@@H]1CCC(NS(=O)(=O)C2CC2)C1. The summed E-state index contributed by atoms with van der Waals surface area (Å²) >= 11 is 0. The van der Waals surface area contributed by atoms with Crippen LogP contribution >= 0.6 is 0 Å². The van der Waals surface area contributed by atoms with Crippen LogP contribution in [0.5, 0.6) is 5.75 Å². The van der Waals surface area contributed by atoms with Crippen LogP contribution in [0.2, 0.25) is 0 Å². The number of nitrogens with zero attached hydrogens (tertiary/aromatic N) is 1. The van der Waals surface area contributed by atoms with E-state index in [2.05, 4.69) is 36.5 Å². The Morgan fingerprint density at radius 1 is 1.16 bits per heavy atom. The summed E-state index contributed by atoms with van der Waals surface area (Å²) in [6, 6.07) is 5.71. The van der Waals surface area contributed by atoms with Crippen LogP contribution in [0.15, 0.2) is 18.2 Å². The molecule has 2 bridgehead atoms. The number of benzene rings is 1. The fourth-order valence-corrected chi connectivity index (χ4v) is 8.07. The normalized spacial score (nSPS) is 34.4. The molecule has 2 N–H and O–H groups in total. The number of amides is 1. The van der Waals surface area contributed by atoms with E-state index in [0.717, 1.165) is 37.7 Å². The summed E-state index contributed by atoms with van der Waals surface area (Å²) < 4.78 is 27.5. The van der Waals surface area contributed by atoms with Gasteiger partial charge in [-0.25, -0.2) is 13.1 Å². The van der Waals surface area contributed by atoms with Crippen molar-refractivity contribution in [3.05, 3.63) is 29.3 Å². The molecule has 1 aliphatic heterocycles. The summed E-state index contributed by atoms with van der Waals surface area (Å²) in [5.41, 5.74) is 1.98. The number of phenolic OH excluding ortho intramolecular Hbond substituents is 1. The Bertz CT molecular complexity index is 1020. The lowest BCUT2D eigenvalue weighted by Gasteiger charge is -2.61. The average molecular weight is 447 g/mol. The van der Waals surface area contributed by atoms with Crippen LogP contribution in [-0.4, -0.2) is 48.2 Å². The first-order chi connectivity index (χ1) is 14.5. The molecule has 0 spiro atoms. The summed E-state index contributed by atoms with van der Waals surface area (Å²) in [6.45, 7) is 7.50. The summed E-state index contributed by atoms with van der Waals surface area (Å²) in [5.74, 6) is 0.360. The lowest BCUT2D eigenvalue weighted by atomic mass is 9.51. The van der Waals surface area contributed by atoms with Crippen molar-refractivity contribution in [2.24, 2.45) is 11.3 Å². The van der Waals surface area contributed by atoms with Gasteiger partial charge in [0, 0.05) is 30.0 Å². The first-order valence-electron chi connectivity index (χ1n) is 11.7. The minimum atomic E-state index is -3.23. The molecule has 3 fully saturated rings. The molecule has 4 atom stereocenters. The van der Waals surface area contributed by atoms with Crippen molar-refractivity contribution in [2.45, 2.75) is 88.5 Å². The fraction of sp³-hybridized carbons (Fsp3) is 0.708. The van der Waals surface area contributed by atoms with Gasteiger partial charge in [-0.05, 0) is 67.6 Å². The summed E-state index contributed by atoms with van der Waals surface area (Å²) in [6.07, 6.45) is 5.09. The van der Waals surface area contributed by atoms with E-state index in [1.54, 1.807) is 6.07 Å². The van der Waals surface area contributed by atoms with Gasteiger partial charge in [0.2, 0.25) is 15.9 Å². The monoisotopic (exact) mass is 446 g/mol. The molecular weight excluding hydrogens is 412 g/mol. The lowest BCUT2D eigenvalue weighted by molar-refractivity contribution is -0.148. The molecule has 5 rings (SSSR count). The highest BCUT2D eigenvalue weighted by Gasteiger charge is 2.57. The molecule has 1 aromatic rings. The number of phenols is 1. The summed E-state index contributed by atoms with van der Waals surface area (Å²) in [4.78, 5) is 15.7. The minimum Gasteiger partial charge on any atom is -0.508 e. The molecule has 7 heteroatoms. The predicted octanol–water partition coefficient (Wildman–Crippen LogP) is 3.08. The third kappa shape index (κ3) is 3.22. The first-order valence-corrected chi connectivity index (χ1v) is 13.2. The van der Waals surface area contributed by atoms with Gasteiger partial charge < -0.3 is 10.0 Å². The Labute approximate surface area is 185 Å². The molecular formula is C24H34N2O4S. The van der Waals surface area contributed by atoms with Crippen molar-refractivity contribution in [3.63, 3.8) is 0 Å². The summed E-state index contributed by atoms with van der Waals surface area (Å²) in [7, 11) is -3.23. The quantitative estimate of drug-likeness (QED) is 0.744. The number of sulfonamides is 1. The third-order valence-electron chi connectivity index (χ3n) is 8.99. The van der Waals surface area contributed by atoms with E-state index in [1.165, 1.54) is 5.56 Å². The molecule has 2 saturated carbocycles. The zero-order chi connectivity index (χ0) is 22.2. The molecule has 170 valence electrons. The highest BCUT2D eigenvalue weighted by atomic mass is 32.2. The highest BCUT2D eigenvalue weighted by molar-refractivity contribution is 7.90. The van der Waals surface area contributed by atoms with E-state index >= 15 is 0 Å². The van der Waals surface area contributed by atoms with Crippen molar-refractivity contribution in [2.75, 3.05) is 6.54 Å². The Morgan fingerprint density at radius 2 is 1.90 bits per heavy atom. The highest BCUT2D eigenvalue weighted by Crippen LogP contribution is 2.57. The Kier molecular flexibility index (Phi) is 4.76. The standard InChI is InChI=1S/C24H34N2O4S/c1-23(2)21-14-18-19(5-4-6-20(18)27)24(23,3)11-12-26(21)22(28)15-7-8-16(13-15)25-31(29,30)17-9-10-17/h4-6,15-17,21,25,27H,7-14H2,1-3H3/t15-,16?,21-,24+/m1/s1. The number of carbonyl (C=O) groups excluding carboxylic acids is 1. The van der Waals surface area contributed by atoms with Gasteiger partial charge in [-0.15, -0.1) is 0 Å². The molecule has 0 aromatic heterocycles. The maximum Gasteiger partial charge on any atom is 0.226 e. The zero-order valence-corrected chi connectivity index (χ0v) is 19.5. The Morgan fingerprint density at radius 3 is 2.61 bits per heavy atom. The maximum absolute atomic E-state index is 13.6. The van der Waals surface area contributed by atoms with Crippen LogP contribution < -0.4 is 4.72 Å². The number of hydrogen-bond donors (Lipinski definition) is 2. The molecule has 1 heterocycles. The number of fused-ring (bicyclic) bond motifs is 4. The number of nitrogens with one attached hydrogen (secondary N) is 1. The second-order valence-electron chi connectivity index (χ2n) is 10.9. The van der Waals surface area contributed by atoms with Gasteiger partial charge in [0.05, 0.1) is 5.25 Å². The minimum absolute atomic E-state index is 0.0294. The number of hydrogen-bond acceptors (Lipinski definition) is 4. The van der Waals surface area contributed by atoms with E-state index < -0.39 is 10.0 Å². The van der Waals surface area contributed by atoms with Crippen molar-refractivity contribution in [1.82, 2.24) is 9.62 Å². The average Bonchev–Trinajstić information content (AvgIpc) is 3.46. The number of piperidine rings is 1. The van der Waals surface area contributed by atoms with Gasteiger partial charge in [-0.2, -0.15) is 0 Å². The van der Waals surface area contributed by atoms with Gasteiger partial charge in [0.15, 0.2) is 0 Å². The largest absolute Gasteiger partial charge is 0.508 e. The first kappa shape index (κ1) is 21.3. The predicted molar refractivity (Wildman–Crippen MR) is 119 cm³/mol. The van der Waals surface area contributed by atoms with Gasteiger partial charge in [0.25, 0.3) is 0 Å². The van der Waals surface area contributed by atoms with E-state index in [9.17, 15) is 18.3 Å². The van der Waals surface area contributed by atoms with Crippen molar-refractivity contribution < 1.29 is 18.3 Å². The van der Waals surface area contributed by atoms with Gasteiger partial charge >= 0.3 is 0 Å². The molecule has 3 aliphatic carbocycles. The molecule has 1 unspecified atom stereocenters. The molecule has 6 nitrogen and oxygen atoms in total. The van der Waals surface area contributed by atoms with Crippen molar-refractivity contribution >= 4 is 15.9 Å². The van der Waals surface area contributed by atoms with Gasteiger partial charge in [-0.3, -0.25) is 4.79 Å². The van der Waals surface area contributed by atoms with Crippen LogP contribution in [0.3, 0.4) is 0 Å². The molecule has 1 saturated heterocycles. The molecule has 1 amide bonds. The van der Waals surface area contributed by atoms with E-state index in [4.69, 9.17) is 0 Å². The van der Waals surface area contributed by atoms with Crippen molar-refractivity contribution in [3.8, 4) is 5.75 Å². The number of rotatable bonds is 4. The van der Waals surface area contributed by atoms with Gasteiger partial charge in [0.1, 0.15) is 5.75 Å². The number of likely N-dealkylation sites (tertiary alicyclic amines) is 1. The molecule has 31 heavy (non-hydrogen) atoms. The van der Waals surface area contributed by atoms with Crippen LogP contribution in [0.25, 0.3) is 0 Å². The fourth-order valence-electron chi connectivity index (χ4n) is 6.44. The topological polar surface area (TPSA) is 86.7 Å². The van der Waals surface area contributed by atoms with Crippen LogP contribution in [0.4, 0.5) is 0 Å². The zero-order valence-electron chi connectivity index (χ0n) is 18.7. The van der Waals surface area contributed by atoms with Crippen LogP contribution in [0.1, 0.15) is 70.4 Å². The number of aromatic hydroxyl groups is 1. The molecule has 0 radical (unpaired) electrons. The number of carbonyl (C=O) groups is 1. The molecule has 4 aliphatic rings. The van der Waals surface area contributed by atoms with Crippen molar-refractivity contribution in [1.29, 1.82) is 0 Å². The molecule has 1 aromatic carbocycles. The van der Waals surface area contributed by atoms with Crippen LogP contribution in [-0.2, 0) is 26.7 Å². The van der Waals surface area contributed by atoms with E-state index in [1.807, 2.05) is 6.07 Å². The third-order valence-corrected chi connectivity index (χ3v) is 11.0. The Hall–Kier alpha value is -1.60. The van der Waals surface area contributed by atoms with E-state index in [0.29, 0.717) is 25.1 Å². The van der Waals surface area contributed by atoms with E-state index in [-0.39, 0.29) is 40.0 Å². The Balaban J connectivity index is 1.36. The summed E-state index contributed by atoms with van der Waals surface area (Å²) in [5, 5.41) is 10.3. The second-order valence-corrected chi connectivity index (χ2v) is 12.9. The maximum atomic E-state index is 13.6. The lowest BCUT2D eigenvalue weighted by Crippen LogP contribution is -2.65. The second kappa shape index (κ2) is 6.95. The van der Waals surface area contributed by atoms with Gasteiger partial charge in [-0.1, -0.05) is 32.9 Å². The van der Waals surface area contributed by atoms with Crippen LogP contribution in [0, 0.1) is 11.3 Å². The smallest absolute Gasteiger partial charge is 0.226 e.